The number of nitrogens with zero attached hydrogens (tertiary/aromatic N) is 1. The standard InChI is InChI=1S/C23H33N3O6/c1-14(2)8-11-23(21(28)24-22(29)25-23)15-9-12-26(13-10-15)20(27)16-6-7-17(30-3)19(32-5)18(16)31-4/h6-7,14-15H,8-13H2,1-5H3,(H2,24,25,28,29). The summed E-state index contributed by atoms with van der Waals surface area (Å²) >= 11 is 0. The third-order valence-corrected chi connectivity index (χ3v) is 6.50. The maximum atomic E-state index is 13.3. The zero-order chi connectivity index (χ0) is 23.5. The van der Waals surface area contributed by atoms with Crippen LogP contribution in [0.3, 0.4) is 0 Å². The third kappa shape index (κ3) is 4.33. The summed E-state index contributed by atoms with van der Waals surface area (Å²) < 4.78 is 16.2. The van der Waals surface area contributed by atoms with Crippen LogP contribution in [0.2, 0.25) is 0 Å². The van der Waals surface area contributed by atoms with Crippen LogP contribution in [0.15, 0.2) is 12.1 Å². The summed E-state index contributed by atoms with van der Waals surface area (Å²) in [7, 11) is 4.51. The summed E-state index contributed by atoms with van der Waals surface area (Å²) in [6.45, 7) is 5.15. The topological polar surface area (TPSA) is 106 Å². The molecule has 0 spiro atoms. The molecule has 0 radical (unpaired) electrons. The number of benzene rings is 1. The first kappa shape index (κ1) is 23.7. The average Bonchev–Trinajstić information content (AvgIpc) is 3.09. The van der Waals surface area contributed by atoms with Gasteiger partial charge in [0.15, 0.2) is 11.5 Å². The molecule has 2 heterocycles. The van der Waals surface area contributed by atoms with Crippen LogP contribution in [-0.2, 0) is 4.79 Å². The lowest BCUT2D eigenvalue weighted by Gasteiger charge is -2.41. The zero-order valence-corrected chi connectivity index (χ0v) is 19.4. The molecule has 1 unspecified atom stereocenters. The quantitative estimate of drug-likeness (QED) is 0.594. The number of hydrogen-bond donors (Lipinski definition) is 2. The molecule has 4 amide bonds. The summed E-state index contributed by atoms with van der Waals surface area (Å²) in [6.07, 6.45) is 2.65. The second-order valence-electron chi connectivity index (χ2n) is 8.76. The molecule has 3 rings (SSSR count). The molecular weight excluding hydrogens is 414 g/mol. The molecule has 2 fully saturated rings. The van der Waals surface area contributed by atoms with E-state index >= 15 is 0 Å². The van der Waals surface area contributed by atoms with Gasteiger partial charge in [0.1, 0.15) is 5.54 Å². The second kappa shape index (κ2) is 9.67. The van der Waals surface area contributed by atoms with Gasteiger partial charge in [0.25, 0.3) is 11.8 Å². The lowest BCUT2D eigenvalue weighted by Crippen LogP contribution is -2.56. The minimum Gasteiger partial charge on any atom is -0.493 e. The van der Waals surface area contributed by atoms with E-state index in [0.717, 1.165) is 6.42 Å². The van der Waals surface area contributed by atoms with Crippen molar-refractivity contribution >= 4 is 17.8 Å². The van der Waals surface area contributed by atoms with Crippen LogP contribution >= 0.6 is 0 Å². The van der Waals surface area contributed by atoms with Crippen molar-refractivity contribution in [1.29, 1.82) is 0 Å². The van der Waals surface area contributed by atoms with Crippen molar-refractivity contribution in [3.05, 3.63) is 17.7 Å². The van der Waals surface area contributed by atoms with Gasteiger partial charge in [0.2, 0.25) is 5.75 Å². The fourth-order valence-corrected chi connectivity index (χ4v) is 4.70. The van der Waals surface area contributed by atoms with Crippen molar-refractivity contribution in [1.82, 2.24) is 15.5 Å². The molecule has 32 heavy (non-hydrogen) atoms. The minimum absolute atomic E-state index is 0.0379. The Morgan fingerprint density at radius 2 is 1.75 bits per heavy atom. The van der Waals surface area contributed by atoms with Crippen molar-refractivity contribution in [2.45, 2.75) is 45.1 Å². The van der Waals surface area contributed by atoms with Crippen molar-refractivity contribution < 1.29 is 28.6 Å². The number of methoxy groups -OCH3 is 3. The summed E-state index contributed by atoms with van der Waals surface area (Å²) in [5.74, 6) is 1.13. The Morgan fingerprint density at radius 3 is 2.25 bits per heavy atom. The van der Waals surface area contributed by atoms with Gasteiger partial charge < -0.3 is 24.4 Å². The van der Waals surface area contributed by atoms with Gasteiger partial charge in [-0.15, -0.1) is 0 Å². The van der Waals surface area contributed by atoms with Crippen LogP contribution < -0.4 is 24.8 Å². The third-order valence-electron chi connectivity index (χ3n) is 6.50. The predicted molar refractivity (Wildman–Crippen MR) is 118 cm³/mol. The Labute approximate surface area is 188 Å². The number of ether oxygens (including phenoxy) is 3. The molecule has 0 aromatic heterocycles. The summed E-state index contributed by atoms with van der Waals surface area (Å²) in [6, 6.07) is 2.91. The molecular formula is C23H33N3O6. The molecule has 1 aromatic carbocycles. The van der Waals surface area contributed by atoms with Crippen LogP contribution in [0.1, 0.15) is 49.9 Å². The number of carbonyl (C=O) groups is 3. The first-order valence-corrected chi connectivity index (χ1v) is 11.0. The first-order valence-electron chi connectivity index (χ1n) is 11.0. The largest absolute Gasteiger partial charge is 0.493 e. The minimum atomic E-state index is -0.905. The van der Waals surface area contributed by atoms with Crippen molar-refractivity contribution in [2.24, 2.45) is 11.8 Å². The van der Waals surface area contributed by atoms with Gasteiger partial charge in [-0.2, -0.15) is 0 Å². The van der Waals surface area contributed by atoms with Crippen molar-refractivity contribution in [3.8, 4) is 17.2 Å². The smallest absolute Gasteiger partial charge is 0.322 e. The molecule has 0 aliphatic carbocycles. The fourth-order valence-electron chi connectivity index (χ4n) is 4.70. The van der Waals surface area contributed by atoms with E-state index in [1.165, 1.54) is 21.3 Å². The van der Waals surface area contributed by atoms with E-state index in [0.29, 0.717) is 61.1 Å². The molecule has 9 heteroatoms. The maximum absolute atomic E-state index is 13.3. The SMILES string of the molecule is COc1ccc(C(=O)N2CCC(C3(CCC(C)C)NC(=O)NC3=O)CC2)c(OC)c1OC. The number of likely N-dealkylation sites (tertiary alicyclic amines) is 1. The normalized spacial score (nSPS) is 21.4. The van der Waals surface area contributed by atoms with Crippen molar-refractivity contribution in [2.75, 3.05) is 34.4 Å². The number of urea groups is 1. The lowest BCUT2D eigenvalue weighted by molar-refractivity contribution is -0.127. The highest BCUT2D eigenvalue weighted by Crippen LogP contribution is 2.41. The number of amides is 4. The Bertz CT molecular complexity index is 879. The Hall–Kier alpha value is -2.97. The Morgan fingerprint density at radius 1 is 1.09 bits per heavy atom. The molecule has 1 atom stereocenters. The summed E-state index contributed by atoms with van der Waals surface area (Å²) in [5.41, 5.74) is -0.512. The number of hydrogen-bond acceptors (Lipinski definition) is 6. The molecule has 0 bridgehead atoms. The van der Waals surface area contributed by atoms with E-state index in [1.54, 1.807) is 17.0 Å². The van der Waals surface area contributed by atoms with Crippen LogP contribution in [0.25, 0.3) is 0 Å². The fraction of sp³-hybridized carbons (Fsp3) is 0.609. The zero-order valence-electron chi connectivity index (χ0n) is 19.4. The number of carbonyl (C=O) groups excluding carboxylic acids is 3. The Kier molecular flexibility index (Phi) is 7.16. The van der Waals surface area contributed by atoms with Gasteiger partial charge in [-0.1, -0.05) is 13.8 Å². The lowest BCUT2D eigenvalue weighted by atomic mass is 9.74. The highest BCUT2D eigenvalue weighted by atomic mass is 16.5. The number of rotatable bonds is 8. The molecule has 9 nitrogen and oxygen atoms in total. The van der Waals surface area contributed by atoms with E-state index in [-0.39, 0.29) is 17.7 Å². The van der Waals surface area contributed by atoms with E-state index in [9.17, 15) is 14.4 Å². The molecule has 176 valence electrons. The van der Waals surface area contributed by atoms with Crippen LogP contribution in [0.4, 0.5) is 4.79 Å². The average molecular weight is 448 g/mol. The Balaban J connectivity index is 1.77. The molecule has 2 saturated heterocycles. The van der Waals surface area contributed by atoms with Crippen LogP contribution in [0, 0.1) is 11.8 Å². The molecule has 0 saturated carbocycles. The highest BCUT2D eigenvalue weighted by molar-refractivity contribution is 6.07. The predicted octanol–water partition coefficient (Wildman–Crippen LogP) is 2.58. The molecule has 1 aromatic rings. The van der Waals surface area contributed by atoms with E-state index in [4.69, 9.17) is 14.2 Å². The van der Waals surface area contributed by atoms with Gasteiger partial charge in [0, 0.05) is 13.1 Å². The van der Waals surface area contributed by atoms with Gasteiger partial charge in [-0.05, 0) is 49.7 Å². The number of nitrogens with one attached hydrogen (secondary N) is 2. The van der Waals surface area contributed by atoms with E-state index in [1.807, 2.05) is 0 Å². The molecule has 2 aliphatic heterocycles. The number of imide groups is 1. The van der Waals surface area contributed by atoms with Crippen LogP contribution in [0.5, 0.6) is 17.2 Å². The van der Waals surface area contributed by atoms with Crippen LogP contribution in [-0.4, -0.2) is 62.7 Å². The second-order valence-corrected chi connectivity index (χ2v) is 8.76. The van der Waals surface area contributed by atoms with E-state index < -0.39 is 11.6 Å². The molecule has 2 aliphatic rings. The molecule has 2 N–H and O–H groups in total. The van der Waals surface area contributed by atoms with Gasteiger partial charge in [-0.3, -0.25) is 14.9 Å². The maximum Gasteiger partial charge on any atom is 0.322 e. The summed E-state index contributed by atoms with van der Waals surface area (Å²) in [4.78, 5) is 39.7. The summed E-state index contributed by atoms with van der Waals surface area (Å²) in [5, 5.41) is 5.33. The van der Waals surface area contributed by atoms with Gasteiger partial charge in [-0.25, -0.2) is 4.79 Å². The van der Waals surface area contributed by atoms with Crippen molar-refractivity contribution in [3.63, 3.8) is 0 Å². The van der Waals surface area contributed by atoms with E-state index in [2.05, 4.69) is 24.5 Å². The number of piperidine rings is 1. The van der Waals surface area contributed by atoms with Gasteiger partial charge in [0.05, 0.1) is 26.9 Å². The highest BCUT2D eigenvalue weighted by Gasteiger charge is 2.52. The van der Waals surface area contributed by atoms with Gasteiger partial charge >= 0.3 is 6.03 Å². The monoisotopic (exact) mass is 447 g/mol. The first-order chi connectivity index (χ1) is 15.3.